The number of carboxylic acid groups (broad SMARTS) is 1. The molecule has 5 rings (SSSR count). The monoisotopic (exact) mass is 1550 g/mol. The molecule has 0 aliphatic rings. The van der Waals surface area contributed by atoms with Gasteiger partial charge in [0.1, 0.15) is 66.2 Å². The summed E-state index contributed by atoms with van der Waals surface area (Å²) in [6, 6.07) is 6.09. The Hall–Kier alpha value is -10.9. The third-order valence-corrected chi connectivity index (χ3v) is 18.7. The Morgan fingerprint density at radius 1 is 0.396 bits per heavy atom. The number of phenolic OH excluding ortho intramolecular Hbond substituents is 1. The molecule has 3 aromatic carbocycles. The molecule has 5 aromatic rings. The van der Waals surface area contributed by atoms with Crippen molar-refractivity contribution in [2.75, 3.05) is 26.2 Å². The Kier molecular flexibility index (Phi) is 37.6. The number of phenols is 1. The van der Waals surface area contributed by atoms with Gasteiger partial charge in [0.2, 0.25) is 59.1 Å². The minimum absolute atomic E-state index is 0.00162. The predicted octanol–water partition coefficient (Wildman–Crippen LogP) is 0.412. The van der Waals surface area contributed by atoms with E-state index in [1.165, 1.54) is 24.3 Å². The Morgan fingerprint density at radius 3 is 1.15 bits per heavy atom. The summed E-state index contributed by atoms with van der Waals surface area (Å²) in [6.07, 6.45) is 5.14. The number of carbonyl (C=O) groups excluding carboxylic acids is 10. The van der Waals surface area contributed by atoms with Crippen molar-refractivity contribution in [3.8, 4) is 5.75 Å². The molecule has 11 atom stereocenters. The highest BCUT2D eigenvalue weighted by Gasteiger charge is 2.38. The maximum atomic E-state index is 15.1. The number of carbonyl (C=O) groups is 11. The van der Waals surface area contributed by atoms with Gasteiger partial charge in [-0.25, -0.2) is 4.79 Å². The highest BCUT2D eigenvalue weighted by molar-refractivity contribution is 6.00. The molecule has 2 aromatic heterocycles. The summed E-state index contributed by atoms with van der Waals surface area (Å²) < 4.78 is 0. The lowest BCUT2D eigenvalue weighted by atomic mass is 9.97. The Labute approximate surface area is 647 Å². The number of aliphatic imine (C=N–C) groups is 2. The maximum Gasteiger partial charge on any atom is 0.326 e. The molecule has 111 heavy (non-hydrogen) atoms. The van der Waals surface area contributed by atoms with Crippen LogP contribution in [0.15, 0.2) is 95.2 Å². The van der Waals surface area contributed by atoms with Crippen molar-refractivity contribution in [3.63, 3.8) is 0 Å². The number of H-pyrrole nitrogens is 2. The fourth-order valence-electron chi connectivity index (χ4n) is 12.6. The number of guanidine groups is 2. The Morgan fingerprint density at radius 2 is 0.739 bits per heavy atom. The average Bonchev–Trinajstić information content (AvgIpc) is 1.74. The van der Waals surface area contributed by atoms with Gasteiger partial charge in [0.15, 0.2) is 11.9 Å². The van der Waals surface area contributed by atoms with Gasteiger partial charge in [-0.05, 0) is 161 Å². The number of aromatic hydroxyl groups is 1. The van der Waals surface area contributed by atoms with Gasteiger partial charge in [-0.1, -0.05) is 104 Å². The summed E-state index contributed by atoms with van der Waals surface area (Å²) in [5.41, 5.74) is 43.7. The fraction of sp³-hybridized carbons (Fsp3) is 0.545. The molecule has 0 aliphatic heterocycles. The lowest BCUT2D eigenvalue weighted by Crippen LogP contribution is -2.62. The zero-order chi connectivity index (χ0) is 82.0. The topological polar surface area (TPSA) is 587 Å². The van der Waals surface area contributed by atoms with Crippen molar-refractivity contribution >= 4 is 98.8 Å². The molecule has 0 fully saturated rings. The van der Waals surface area contributed by atoms with E-state index < -0.39 is 143 Å². The summed E-state index contributed by atoms with van der Waals surface area (Å²) in [5.74, 6) is -11.4. The number of rotatable bonds is 49. The molecule has 34 heteroatoms. The summed E-state index contributed by atoms with van der Waals surface area (Å²) >= 11 is 0. The highest BCUT2D eigenvalue weighted by Crippen LogP contribution is 2.23. The molecule has 0 saturated carbocycles. The van der Waals surface area contributed by atoms with Gasteiger partial charge < -0.3 is 113 Å². The molecule has 0 aliphatic carbocycles. The first kappa shape index (κ1) is 90.7. The molecule has 34 nitrogen and oxygen atoms in total. The first-order valence-corrected chi connectivity index (χ1v) is 38.1. The summed E-state index contributed by atoms with van der Waals surface area (Å²) in [5, 5.41) is 49.6. The first-order valence-electron chi connectivity index (χ1n) is 38.1. The van der Waals surface area contributed by atoms with Crippen LogP contribution >= 0.6 is 0 Å². The second kappa shape index (κ2) is 46.0. The molecule has 10 amide bonds. The number of para-hydroxylation sites is 2. The zero-order valence-electron chi connectivity index (χ0n) is 65.0. The number of carboxylic acids is 1. The minimum Gasteiger partial charge on any atom is -0.508 e. The number of nitrogens with two attached hydrogens (primary N) is 7. The predicted molar refractivity (Wildman–Crippen MR) is 425 cm³/mol. The van der Waals surface area contributed by atoms with Crippen LogP contribution in [0.5, 0.6) is 5.75 Å². The van der Waals surface area contributed by atoms with Gasteiger partial charge >= 0.3 is 5.97 Å². The number of benzene rings is 3. The Bertz CT molecular complexity index is 3940. The minimum atomic E-state index is -1.50. The number of aromatic amines is 2. The third kappa shape index (κ3) is 30.5. The average molecular weight is 1550 g/mol. The van der Waals surface area contributed by atoms with E-state index in [4.69, 9.17) is 40.1 Å². The van der Waals surface area contributed by atoms with Crippen molar-refractivity contribution in [1.82, 2.24) is 63.1 Å². The smallest absolute Gasteiger partial charge is 0.326 e. The van der Waals surface area contributed by atoms with Crippen molar-refractivity contribution in [1.29, 1.82) is 0 Å². The van der Waals surface area contributed by atoms with Gasteiger partial charge in [-0.3, -0.25) is 57.9 Å². The summed E-state index contributed by atoms with van der Waals surface area (Å²) in [7, 11) is 0. The van der Waals surface area contributed by atoms with Gasteiger partial charge in [-0.15, -0.1) is 0 Å². The third-order valence-electron chi connectivity index (χ3n) is 18.7. The van der Waals surface area contributed by atoms with Crippen LogP contribution < -0.4 is 93.3 Å². The van der Waals surface area contributed by atoms with E-state index >= 15 is 14.4 Å². The maximum absolute atomic E-state index is 15.1. The van der Waals surface area contributed by atoms with Crippen LogP contribution in [-0.2, 0) is 72.0 Å². The number of fused-ring (bicyclic) bond motifs is 2. The Balaban J connectivity index is 1.42. The standard InChI is InChI=1S/C77H119N21O13/c1-42(2)35-59(69(104)91-57(25-17-33-85-76(81)82)67(102)89-55(23-13-15-31-78)66(101)90-56(24-14-16-32-79)68(103)92-58(75(110)111)26-18-34-86-77(83)84)94-70(105)61(37-46-27-29-49(99)30-28-46)95-73(108)63(44(5)6)98-72(107)62(39-48-41-88-54-22-12-10-20-51(48)54)96-74(109)64(45(7)8)97-71(106)60(36-43(3)4)93-65(100)52(80)38-47-40-87-53-21-11-9-19-50(47)53/h9-12,19-22,27-30,40-45,52,55-64,87-88,99H,13-18,23-26,31-39,78-80H2,1-8H3,(H,89,102)(H,90,101)(H,91,104)(H,92,103)(H,93,100)(H,94,105)(H,95,108)(H,96,109)(H,97,106)(H,98,107)(H,110,111)(H4,81,82,85)(H4,83,84,86)/t52-,55-,56-,57-,58-,59-,60-,61-,62-,63-,64-/m0/s1. The highest BCUT2D eigenvalue weighted by atomic mass is 16.4. The lowest BCUT2D eigenvalue weighted by molar-refractivity contribution is -0.142. The zero-order valence-corrected chi connectivity index (χ0v) is 65.0. The quantitative estimate of drug-likeness (QED) is 0.0142. The molecular formula is C77H119N21O13. The van der Waals surface area contributed by atoms with Crippen LogP contribution in [-0.4, -0.2) is 190 Å². The van der Waals surface area contributed by atoms with Crippen molar-refractivity contribution < 1.29 is 63.0 Å². The number of unbranched alkanes of at least 4 members (excludes halogenated alkanes) is 2. The number of nitrogens with one attached hydrogen (secondary N) is 12. The number of nitrogens with zero attached hydrogens (tertiary/aromatic N) is 2. The number of amides is 10. The fourth-order valence-corrected chi connectivity index (χ4v) is 12.6. The van der Waals surface area contributed by atoms with E-state index in [0.29, 0.717) is 36.8 Å². The van der Waals surface area contributed by atoms with Gasteiger partial charge in [0.25, 0.3) is 0 Å². The second-order valence-corrected chi connectivity index (χ2v) is 29.6. The molecule has 2 heterocycles. The van der Waals surface area contributed by atoms with Gasteiger partial charge in [-0.2, -0.15) is 0 Å². The van der Waals surface area contributed by atoms with Crippen LogP contribution in [0.2, 0.25) is 0 Å². The van der Waals surface area contributed by atoms with Gasteiger partial charge in [0.05, 0.1) is 6.04 Å². The summed E-state index contributed by atoms with van der Waals surface area (Å²) in [6.45, 7) is 14.6. The van der Waals surface area contributed by atoms with E-state index in [1.807, 2.05) is 62.4 Å². The lowest BCUT2D eigenvalue weighted by Gasteiger charge is -2.30. The van der Waals surface area contributed by atoms with Crippen molar-refractivity contribution in [2.24, 2.45) is 73.8 Å². The second-order valence-electron chi connectivity index (χ2n) is 29.6. The molecule has 0 radical (unpaired) electrons. The first-order chi connectivity index (χ1) is 52.7. The van der Waals surface area contributed by atoms with E-state index in [-0.39, 0.29) is 126 Å². The van der Waals surface area contributed by atoms with Crippen molar-refractivity contribution in [2.45, 2.75) is 218 Å². The molecule has 610 valence electrons. The van der Waals surface area contributed by atoms with Crippen LogP contribution in [0, 0.1) is 23.7 Å². The molecule has 0 spiro atoms. The van der Waals surface area contributed by atoms with Gasteiger partial charge in [0, 0.05) is 60.1 Å². The molecule has 0 saturated heterocycles. The number of aliphatic carboxylic acids is 1. The van der Waals surface area contributed by atoms with E-state index in [9.17, 15) is 48.6 Å². The molecule has 0 unspecified atom stereocenters. The summed E-state index contributed by atoms with van der Waals surface area (Å²) in [4.78, 5) is 173. The SMILES string of the molecule is CC(C)C[C@H](NC(=O)[C@H](Cc1ccc(O)cc1)NC(=O)[C@@H](NC(=O)[C@H](Cc1c[nH]c2ccccc12)NC(=O)[C@@H](NC(=O)[C@H](CC(C)C)NC(=O)[C@@H](N)Cc1c[nH]c2ccccc12)C(C)C)C(C)C)C(=O)N[C@@H](CCCN=C(N)N)C(=O)N[C@@H](CCCCN)C(=O)N[C@@H](CCCCN)C(=O)N[C@@H](CCCN=C(N)N)C(=O)O. The number of aromatic nitrogens is 2. The van der Waals surface area contributed by atoms with E-state index in [1.54, 1.807) is 53.9 Å². The molecule has 0 bridgehead atoms. The molecule has 28 N–H and O–H groups in total. The largest absolute Gasteiger partial charge is 0.508 e. The normalized spacial score (nSPS) is 14.4. The number of hydrogen-bond donors (Lipinski definition) is 21. The van der Waals surface area contributed by atoms with Crippen LogP contribution in [0.1, 0.15) is 149 Å². The van der Waals surface area contributed by atoms with E-state index in [2.05, 4.69) is 73.1 Å². The number of hydrogen-bond acceptors (Lipinski definition) is 17. The molecular weight excluding hydrogens is 1430 g/mol. The van der Waals surface area contributed by atoms with Crippen LogP contribution in [0.4, 0.5) is 0 Å². The van der Waals surface area contributed by atoms with Crippen molar-refractivity contribution in [3.05, 3.63) is 102 Å². The van der Waals surface area contributed by atoms with Crippen LogP contribution in [0.3, 0.4) is 0 Å². The van der Waals surface area contributed by atoms with Crippen LogP contribution in [0.25, 0.3) is 21.8 Å². The van der Waals surface area contributed by atoms with E-state index in [0.717, 1.165) is 27.4 Å².